The fourth-order valence-electron chi connectivity index (χ4n) is 3.53. The molecular formula is C20H30Si. The van der Waals surface area contributed by atoms with E-state index in [9.17, 15) is 0 Å². The Kier molecular flexibility index (Phi) is 5.63. The van der Waals surface area contributed by atoms with Crippen LogP contribution in [0.4, 0.5) is 0 Å². The predicted molar refractivity (Wildman–Crippen MR) is 97.9 cm³/mol. The smallest absolute Gasteiger partial charge is 0.0846 e. The Bertz CT molecular complexity index is 500. The largest absolute Gasteiger partial charge is 0.0998 e. The maximum Gasteiger partial charge on any atom is 0.0846 e. The molecule has 0 aromatic heterocycles. The summed E-state index contributed by atoms with van der Waals surface area (Å²) in [6.45, 7) is 11.4. The first kappa shape index (κ1) is 16.3. The van der Waals surface area contributed by atoms with Crippen molar-refractivity contribution in [1.82, 2.24) is 0 Å². The SMILES string of the molecule is C=C(C)CC(C[Si](C)(C)c1ccccc1)=C1CCCCC1. The van der Waals surface area contributed by atoms with Gasteiger partial charge in [-0.3, -0.25) is 0 Å². The molecule has 0 N–H and O–H groups in total. The highest BCUT2D eigenvalue weighted by atomic mass is 28.3. The Labute approximate surface area is 132 Å². The van der Waals surface area contributed by atoms with Gasteiger partial charge in [0.2, 0.25) is 0 Å². The standard InChI is InChI=1S/C20H30Si/c1-17(2)15-19(18-11-7-5-8-12-18)16-21(3,4)20-13-9-6-10-14-20/h6,9-10,13-14H,1,5,7-8,11-12,15-16H2,2-4H3. The highest BCUT2D eigenvalue weighted by Gasteiger charge is 2.26. The lowest BCUT2D eigenvalue weighted by Crippen LogP contribution is -2.41. The minimum Gasteiger partial charge on any atom is -0.0998 e. The summed E-state index contributed by atoms with van der Waals surface area (Å²) >= 11 is 0. The van der Waals surface area contributed by atoms with Crippen LogP contribution in [0.3, 0.4) is 0 Å². The van der Waals surface area contributed by atoms with Crippen LogP contribution in [0.15, 0.2) is 53.6 Å². The summed E-state index contributed by atoms with van der Waals surface area (Å²) in [6.07, 6.45) is 8.00. The second-order valence-corrected chi connectivity index (χ2v) is 12.0. The Balaban J connectivity index is 2.24. The van der Waals surface area contributed by atoms with Crippen molar-refractivity contribution in [3.05, 3.63) is 53.6 Å². The van der Waals surface area contributed by atoms with Crippen molar-refractivity contribution in [2.24, 2.45) is 0 Å². The molecule has 0 radical (unpaired) electrons. The van der Waals surface area contributed by atoms with Gasteiger partial charge in [-0.05, 0) is 45.1 Å². The first-order valence-electron chi connectivity index (χ1n) is 8.39. The minimum atomic E-state index is -1.39. The first-order chi connectivity index (χ1) is 9.99. The van der Waals surface area contributed by atoms with Gasteiger partial charge < -0.3 is 0 Å². The van der Waals surface area contributed by atoms with E-state index in [1.807, 2.05) is 0 Å². The molecule has 2 rings (SSSR count). The average molecular weight is 299 g/mol. The molecule has 0 spiro atoms. The van der Waals surface area contributed by atoms with Crippen LogP contribution in [0.2, 0.25) is 19.1 Å². The molecule has 1 aliphatic rings. The van der Waals surface area contributed by atoms with Crippen molar-refractivity contribution in [1.29, 1.82) is 0 Å². The second-order valence-electron chi connectivity index (χ2n) is 7.33. The van der Waals surface area contributed by atoms with Crippen LogP contribution in [-0.2, 0) is 0 Å². The molecule has 0 saturated heterocycles. The third-order valence-corrected chi connectivity index (χ3v) is 7.89. The summed E-state index contributed by atoms with van der Waals surface area (Å²) in [6, 6.07) is 12.5. The van der Waals surface area contributed by atoms with Gasteiger partial charge in [0.25, 0.3) is 0 Å². The second kappa shape index (κ2) is 7.26. The van der Waals surface area contributed by atoms with Crippen molar-refractivity contribution < 1.29 is 0 Å². The molecule has 0 amide bonds. The third-order valence-electron chi connectivity index (χ3n) is 4.68. The van der Waals surface area contributed by atoms with E-state index >= 15 is 0 Å². The zero-order valence-corrected chi connectivity index (χ0v) is 15.0. The van der Waals surface area contributed by atoms with Crippen LogP contribution in [0.1, 0.15) is 45.4 Å². The van der Waals surface area contributed by atoms with E-state index in [4.69, 9.17) is 0 Å². The summed E-state index contributed by atoms with van der Waals surface area (Å²) in [5.41, 5.74) is 4.81. The Morgan fingerprint density at radius 1 is 1.05 bits per heavy atom. The quantitative estimate of drug-likeness (QED) is 0.474. The Morgan fingerprint density at radius 3 is 2.24 bits per heavy atom. The van der Waals surface area contributed by atoms with E-state index in [2.05, 4.69) is 56.9 Å². The molecule has 114 valence electrons. The molecule has 1 aliphatic carbocycles. The zero-order chi connectivity index (χ0) is 15.3. The molecule has 1 fully saturated rings. The van der Waals surface area contributed by atoms with Gasteiger partial charge in [-0.15, -0.1) is 0 Å². The summed E-state index contributed by atoms with van der Waals surface area (Å²) in [5, 5.41) is 1.58. The fraction of sp³-hybridized carbons (Fsp3) is 0.500. The highest BCUT2D eigenvalue weighted by Crippen LogP contribution is 2.32. The number of allylic oxidation sites excluding steroid dienone is 3. The fourth-order valence-corrected chi connectivity index (χ4v) is 6.27. The summed E-state index contributed by atoms with van der Waals surface area (Å²) < 4.78 is 0. The third kappa shape index (κ3) is 4.71. The van der Waals surface area contributed by atoms with Gasteiger partial charge in [-0.1, -0.05) is 78.3 Å². The summed E-state index contributed by atoms with van der Waals surface area (Å²) in [5.74, 6) is 0. The minimum absolute atomic E-state index is 1.12. The van der Waals surface area contributed by atoms with Crippen LogP contribution >= 0.6 is 0 Å². The molecule has 0 heterocycles. The van der Waals surface area contributed by atoms with E-state index < -0.39 is 8.07 Å². The van der Waals surface area contributed by atoms with E-state index in [0.29, 0.717) is 0 Å². The van der Waals surface area contributed by atoms with Crippen LogP contribution in [0, 0.1) is 0 Å². The molecule has 1 aromatic carbocycles. The predicted octanol–water partition coefficient (Wildman–Crippen LogP) is 5.83. The van der Waals surface area contributed by atoms with Gasteiger partial charge >= 0.3 is 0 Å². The van der Waals surface area contributed by atoms with Gasteiger partial charge in [-0.25, -0.2) is 0 Å². The van der Waals surface area contributed by atoms with Crippen molar-refractivity contribution >= 4 is 13.3 Å². The average Bonchev–Trinajstić information content (AvgIpc) is 2.48. The van der Waals surface area contributed by atoms with E-state index in [-0.39, 0.29) is 0 Å². The molecule has 0 nitrogen and oxygen atoms in total. The molecule has 0 unspecified atom stereocenters. The molecule has 1 aromatic rings. The monoisotopic (exact) mass is 298 g/mol. The lowest BCUT2D eigenvalue weighted by Gasteiger charge is -2.28. The van der Waals surface area contributed by atoms with E-state index in [1.54, 1.807) is 16.3 Å². The van der Waals surface area contributed by atoms with Gasteiger partial charge in [0, 0.05) is 0 Å². The lowest BCUT2D eigenvalue weighted by molar-refractivity contribution is 0.591. The topological polar surface area (TPSA) is 0 Å². The van der Waals surface area contributed by atoms with Crippen molar-refractivity contribution in [3.8, 4) is 0 Å². The van der Waals surface area contributed by atoms with Crippen LogP contribution in [0.5, 0.6) is 0 Å². The molecule has 0 bridgehead atoms. The van der Waals surface area contributed by atoms with Gasteiger partial charge in [0.05, 0.1) is 8.07 Å². The van der Waals surface area contributed by atoms with Crippen molar-refractivity contribution in [2.45, 2.75) is 64.6 Å². The summed E-state index contributed by atoms with van der Waals surface area (Å²) in [4.78, 5) is 0. The number of hydrogen-bond donors (Lipinski definition) is 0. The van der Waals surface area contributed by atoms with Crippen LogP contribution in [0.25, 0.3) is 0 Å². The lowest BCUT2D eigenvalue weighted by atomic mass is 9.89. The Morgan fingerprint density at radius 2 is 1.67 bits per heavy atom. The van der Waals surface area contributed by atoms with Gasteiger partial charge in [0.1, 0.15) is 0 Å². The number of benzene rings is 1. The number of rotatable bonds is 5. The Hall–Kier alpha value is -1.08. The molecule has 0 aliphatic heterocycles. The molecule has 1 saturated carbocycles. The summed E-state index contributed by atoms with van der Waals surface area (Å²) in [7, 11) is -1.39. The van der Waals surface area contributed by atoms with Gasteiger partial charge in [-0.2, -0.15) is 0 Å². The van der Waals surface area contributed by atoms with Crippen molar-refractivity contribution in [2.75, 3.05) is 0 Å². The maximum atomic E-state index is 4.17. The van der Waals surface area contributed by atoms with Gasteiger partial charge in [0.15, 0.2) is 0 Å². The normalized spacial score (nSPS) is 15.9. The molecule has 21 heavy (non-hydrogen) atoms. The molecule has 0 atom stereocenters. The van der Waals surface area contributed by atoms with Crippen LogP contribution < -0.4 is 5.19 Å². The molecule has 1 heteroatoms. The van der Waals surface area contributed by atoms with Crippen LogP contribution in [-0.4, -0.2) is 8.07 Å². The highest BCUT2D eigenvalue weighted by molar-refractivity contribution is 6.90. The van der Waals surface area contributed by atoms with Crippen molar-refractivity contribution in [3.63, 3.8) is 0 Å². The van der Waals surface area contributed by atoms with E-state index in [1.165, 1.54) is 43.7 Å². The van der Waals surface area contributed by atoms with E-state index in [0.717, 1.165) is 6.42 Å². The zero-order valence-electron chi connectivity index (χ0n) is 14.0. The maximum absolute atomic E-state index is 4.17. The number of hydrogen-bond acceptors (Lipinski definition) is 0. The first-order valence-corrected chi connectivity index (χ1v) is 11.6. The molecular weight excluding hydrogens is 268 g/mol.